The molecule has 0 aliphatic heterocycles. The minimum absolute atomic E-state index is 0.000611. The molecule has 3 aliphatic carbocycles. The fourth-order valence-electron chi connectivity index (χ4n) is 5.62. The van der Waals surface area contributed by atoms with Crippen molar-refractivity contribution in [2.75, 3.05) is 25.2 Å². The van der Waals surface area contributed by atoms with E-state index in [1.165, 1.54) is 54.1 Å². The third kappa shape index (κ3) is 5.82. The zero-order valence-corrected chi connectivity index (χ0v) is 25.4. The topological polar surface area (TPSA) is 116 Å². The molecular weight excluding hydrogens is 594 g/mol. The van der Waals surface area contributed by atoms with Gasteiger partial charge < -0.3 is 25.3 Å². The van der Waals surface area contributed by atoms with Crippen molar-refractivity contribution in [3.63, 3.8) is 0 Å². The first-order valence-electron chi connectivity index (χ1n) is 15.4. The minimum atomic E-state index is -1.38. The highest BCUT2D eigenvalue weighted by Crippen LogP contribution is 2.49. The van der Waals surface area contributed by atoms with Crippen molar-refractivity contribution >= 4 is 34.1 Å². The Hall–Kier alpha value is -4.77. The molecule has 3 aliphatic rings. The number of nitrogens with zero attached hydrogens (tertiary/aromatic N) is 2. The number of halogens is 2. The van der Waals surface area contributed by atoms with Crippen LogP contribution in [-0.4, -0.2) is 42.6 Å². The minimum Gasteiger partial charge on any atom is -0.493 e. The number of pyridine rings is 1. The van der Waals surface area contributed by atoms with Crippen LogP contribution in [0.5, 0.6) is 23.0 Å². The number of methoxy groups -OCH3 is 1. The zero-order valence-electron chi connectivity index (χ0n) is 25.4. The molecule has 0 spiro atoms. The van der Waals surface area contributed by atoms with Crippen LogP contribution in [0.15, 0.2) is 66.9 Å². The average molecular weight is 629 g/mol. The van der Waals surface area contributed by atoms with Crippen molar-refractivity contribution in [3.8, 4) is 23.0 Å². The summed E-state index contributed by atoms with van der Waals surface area (Å²) in [4.78, 5) is 31.4. The number of primary amides is 1. The summed E-state index contributed by atoms with van der Waals surface area (Å²) in [5.74, 6) is -0.544. The van der Waals surface area contributed by atoms with E-state index in [-0.39, 0.29) is 35.5 Å². The molecule has 1 aromatic heterocycles. The maximum atomic E-state index is 15.7. The fraction of sp³-hybridized carbons (Fsp3) is 0.343. The van der Waals surface area contributed by atoms with E-state index < -0.39 is 28.9 Å². The number of benzene rings is 3. The molecule has 0 atom stereocenters. The number of hydrogen-bond acceptors (Lipinski definition) is 7. The average Bonchev–Trinajstić information content (AvgIpc) is 3.91. The van der Waals surface area contributed by atoms with Crippen molar-refractivity contribution in [3.05, 3.63) is 78.5 Å². The summed E-state index contributed by atoms with van der Waals surface area (Å²) in [5.41, 5.74) is 5.16. The summed E-state index contributed by atoms with van der Waals surface area (Å²) >= 11 is 0. The van der Waals surface area contributed by atoms with Gasteiger partial charge in [-0.05, 0) is 99.5 Å². The van der Waals surface area contributed by atoms with E-state index >= 15 is 4.39 Å². The molecule has 3 aromatic carbocycles. The highest BCUT2D eigenvalue weighted by Gasteiger charge is 2.57. The van der Waals surface area contributed by atoms with Gasteiger partial charge in [0.15, 0.2) is 23.1 Å². The van der Waals surface area contributed by atoms with Crippen LogP contribution in [-0.2, 0) is 9.59 Å². The Balaban J connectivity index is 1.14. The van der Waals surface area contributed by atoms with E-state index in [4.69, 9.17) is 19.9 Å². The van der Waals surface area contributed by atoms with Crippen LogP contribution in [0.3, 0.4) is 0 Å². The van der Waals surface area contributed by atoms with Crippen LogP contribution < -0.4 is 30.2 Å². The first kappa shape index (κ1) is 29.9. The van der Waals surface area contributed by atoms with Gasteiger partial charge in [0.2, 0.25) is 11.8 Å². The first-order chi connectivity index (χ1) is 22.2. The molecule has 46 heavy (non-hydrogen) atoms. The van der Waals surface area contributed by atoms with Gasteiger partial charge in [-0.2, -0.15) is 0 Å². The number of amides is 2. The van der Waals surface area contributed by atoms with E-state index in [1.54, 1.807) is 31.5 Å². The normalized spacial score (nSPS) is 17.3. The first-order valence-corrected chi connectivity index (χ1v) is 15.4. The van der Waals surface area contributed by atoms with E-state index in [9.17, 15) is 14.0 Å². The molecule has 1 heterocycles. The van der Waals surface area contributed by atoms with E-state index in [1.807, 2.05) is 0 Å². The van der Waals surface area contributed by atoms with Crippen molar-refractivity contribution in [1.82, 2.24) is 10.3 Å². The lowest BCUT2D eigenvalue weighted by Crippen LogP contribution is -2.41. The van der Waals surface area contributed by atoms with Gasteiger partial charge in [-0.3, -0.25) is 19.5 Å². The standard InChI is InChI=1S/C35H34F2N4O5/c1-44-30-17-25-27(18-31(30)45-20-34(11-12-34)40-19-21-2-3-21)39-15-10-28(25)46-29-9-8-24(16-26(29)37)41(23-6-4-22(36)5-7-23)33(43)35(13-14-35)32(38)42/h4-10,15-18,21,40H,2-3,11-14,19-20H2,1H3,(H2,38,42). The number of aromatic nitrogens is 1. The number of fused-ring (bicyclic) bond motifs is 1. The molecule has 4 aromatic rings. The lowest BCUT2D eigenvalue weighted by molar-refractivity contribution is -0.133. The maximum Gasteiger partial charge on any atom is 0.247 e. The smallest absolute Gasteiger partial charge is 0.247 e. The number of nitrogens with one attached hydrogen (secondary N) is 1. The summed E-state index contributed by atoms with van der Waals surface area (Å²) in [5, 5.41) is 4.25. The molecule has 0 saturated heterocycles. The molecule has 9 nitrogen and oxygen atoms in total. The molecule has 3 N–H and O–H groups in total. The molecule has 3 saturated carbocycles. The lowest BCUT2D eigenvalue weighted by atomic mass is 10.0. The van der Waals surface area contributed by atoms with Crippen molar-refractivity contribution in [2.24, 2.45) is 17.1 Å². The second-order valence-corrected chi connectivity index (χ2v) is 12.5. The highest BCUT2D eigenvalue weighted by atomic mass is 19.1. The number of rotatable bonds is 13. The number of nitrogens with two attached hydrogens (primary N) is 1. The second kappa shape index (κ2) is 11.5. The second-order valence-electron chi connectivity index (χ2n) is 12.5. The van der Waals surface area contributed by atoms with E-state index in [2.05, 4.69) is 10.3 Å². The van der Waals surface area contributed by atoms with Gasteiger partial charge in [0.1, 0.15) is 23.6 Å². The molecule has 0 bridgehead atoms. The predicted molar refractivity (Wildman–Crippen MR) is 167 cm³/mol. The lowest BCUT2D eigenvalue weighted by Gasteiger charge is -2.26. The van der Waals surface area contributed by atoms with Gasteiger partial charge in [-0.15, -0.1) is 0 Å². The third-order valence-corrected chi connectivity index (χ3v) is 9.12. The SMILES string of the molecule is COc1cc2c(Oc3ccc(N(C(=O)C4(C(N)=O)CC4)c4ccc(F)cc4)cc3F)ccnc2cc1OCC1(NCC2CC2)CC1. The molecule has 2 amide bonds. The Bertz CT molecular complexity index is 1820. The van der Waals surface area contributed by atoms with Gasteiger partial charge in [-0.1, -0.05) is 0 Å². The Morgan fingerprint density at radius 3 is 2.30 bits per heavy atom. The van der Waals surface area contributed by atoms with Gasteiger partial charge in [-0.25, -0.2) is 8.78 Å². The van der Waals surface area contributed by atoms with Gasteiger partial charge >= 0.3 is 0 Å². The fourth-order valence-corrected chi connectivity index (χ4v) is 5.62. The number of carbonyl (C=O) groups excluding carboxylic acids is 2. The Morgan fingerprint density at radius 2 is 1.67 bits per heavy atom. The van der Waals surface area contributed by atoms with Crippen molar-refractivity contribution < 1.29 is 32.6 Å². The van der Waals surface area contributed by atoms with Crippen LogP contribution in [0.25, 0.3) is 10.9 Å². The number of ether oxygens (including phenoxy) is 3. The van der Waals surface area contributed by atoms with Gasteiger partial charge in [0, 0.05) is 29.4 Å². The van der Waals surface area contributed by atoms with Gasteiger partial charge in [0.25, 0.3) is 0 Å². The zero-order chi connectivity index (χ0) is 32.1. The van der Waals surface area contributed by atoms with Crippen LogP contribution in [0.4, 0.5) is 20.2 Å². The quantitative estimate of drug-likeness (QED) is 0.171. The summed E-state index contributed by atoms with van der Waals surface area (Å²) in [6.45, 7) is 1.54. The molecule has 0 radical (unpaired) electrons. The summed E-state index contributed by atoms with van der Waals surface area (Å²) in [6, 6.07) is 14.3. The summed E-state index contributed by atoms with van der Waals surface area (Å²) in [6.07, 6.45) is 6.85. The number of anilines is 2. The van der Waals surface area contributed by atoms with Crippen molar-refractivity contribution in [2.45, 2.75) is 44.1 Å². The van der Waals surface area contributed by atoms with Crippen molar-refractivity contribution in [1.29, 1.82) is 0 Å². The Morgan fingerprint density at radius 1 is 0.935 bits per heavy atom. The number of hydrogen-bond donors (Lipinski definition) is 2. The Labute approximate surface area is 264 Å². The van der Waals surface area contributed by atoms with Crippen LogP contribution in [0, 0.1) is 23.0 Å². The van der Waals surface area contributed by atoms with Gasteiger partial charge in [0.05, 0.1) is 23.9 Å². The van der Waals surface area contributed by atoms with Crippen LogP contribution >= 0.6 is 0 Å². The predicted octanol–water partition coefficient (Wildman–Crippen LogP) is 6.16. The molecule has 11 heteroatoms. The molecule has 0 unspecified atom stereocenters. The van der Waals surface area contributed by atoms with Crippen LogP contribution in [0.1, 0.15) is 38.5 Å². The molecule has 238 valence electrons. The molecular formula is C35H34F2N4O5. The molecule has 3 fully saturated rings. The highest BCUT2D eigenvalue weighted by molar-refractivity contribution is 6.16. The third-order valence-electron chi connectivity index (χ3n) is 9.12. The summed E-state index contributed by atoms with van der Waals surface area (Å²) in [7, 11) is 1.56. The van der Waals surface area contributed by atoms with E-state index in [0.29, 0.717) is 34.8 Å². The molecule has 7 rings (SSSR count). The van der Waals surface area contributed by atoms with E-state index in [0.717, 1.165) is 31.4 Å². The maximum absolute atomic E-state index is 15.7. The summed E-state index contributed by atoms with van der Waals surface area (Å²) < 4.78 is 47.3. The monoisotopic (exact) mass is 628 g/mol. The van der Waals surface area contributed by atoms with Crippen LogP contribution in [0.2, 0.25) is 0 Å². The Kier molecular flexibility index (Phi) is 7.51. The number of carbonyl (C=O) groups is 2. The largest absolute Gasteiger partial charge is 0.493 e.